The number of nitrogens with zero attached hydrogens (tertiary/aromatic N) is 5. The van der Waals surface area contributed by atoms with E-state index in [0.29, 0.717) is 28.5 Å². The van der Waals surface area contributed by atoms with Gasteiger partial charge in [0.05, 0.1) is 11.3 Å². The molecule has 7 nitrogen and oxygen atoms in total. The van der Waals surface area contributed by atoms with Crippen molar-refractivity contribution >= 4 is 22.7 Å². The second-order valence-corrected chi connectivity index (χ2v) is 9.66. The number of aromatic nitrogens is 1. The van der Waals surface area contributed by atoms with E-state index in [1.807, 2.05) is 36.4 Å². The quantitative estimate of drug-likeness (QED) is 0.406. The first kappa shape index (κ1) is 23.6. The van der Waals surface area contributed by atoms with Gasteiger partial charge < -0.3 is 19.1 Å². The first-order chi connectivity index (χ1) is 17.4. The Kier molecular flexibility index (Phi) is 6.21. The van der Waals surface area contributed by atoms with Crippen LogP contribution in [-0.4, -0.2) is 68.0 Å². The van der Waals surface area contributed by atoms with Gasteiger partial charge in [0.1, 0.15) is 17.3 Å². The minimum Gasteiger partial charge on any atom is -0.454 e. The smallest absolute Gasteiger partial charge is 0.253 e. The van der Waals surface area contributed by atoms with Gasteiger partial charge in [-0.25, -0.2) is 0 Å². The minimum absolute atomic E-state index is 0.0435. The summed E-state index contributed by atoms with van der Waals surface area (Å²) in [6.45, 7) is 1.86. The van der Waals surface area contributed by atoms with Gasteiger partial charge in [0.15, 0.2) is 5.58 Å². The molecule has 0 N–H and O–H groups in total. The first-order valence-electron chi connectivity index (χ1n) is 12.0. The lowest BCUT2D eigenvalue weighted by Crippen LogP contribution is -2.31. The molecule has 1 fully saturated rings. The largest absolute Gasteiger partial charge is 0.454 e. The molecule has 1 atom stereocenters. The van der Waals surface area contributed by atoms with E-state index in [-0.39, 0.29) is 5.91 Å². The lowest BCUT2D eigenvalue weighted by atomic mass is 10.0. The summed E-state index contributed by atoms with van der Waals surface area (Å²) in [4.78, 5) is 22.8. The monoisotopic (exact) mass is 479 g/mol. The van der Waals surface area contributed by atoms with Crippen molar-refractivity contribution < 1.29 is 9.21 Å². The van der Waals surface area contributed by atoms with E-state index in [4.69, 9.17) is 4.42 Å². The zero-order valence-corrected chi connectivity index (χ0v) is 21.0. The third-order valence-electron chi connectivity index (χ3n) is 6.90. The third kappa shape index (κ3) is 4.32. The van der Waals surface area contributed by atoms with Crippen LogP contribution in [0, 0.1) is 11.3 Å². The maximum atomic E-state index is 12.2. The Balaban J connectivity index is 1.48. The fourth-order valence-electron chi connectivity index (χ4n) is 4.79. The number of furan rings is 1. The summed E-state index contributed by atoms with van der Waals surface area (Å²) in [6.07, 6.45) is 2.85. The van der Waals surface area contributed by atoms with Crippen LogP contribution in [0.1, 0.15) is 22.3 Å². The number of likely N-dealkylation sites (N-methyl/N-ethyl adjacent to an activating group) is 1. The average Bonchev–Trinajstić information content (AvgIpc) is 3.55. The number of pyridine rings is 1. The van der Waals surface area contributed by atoms with Crippen molar-refractivity contribution in [3.63, 3.8) is 0 Å². The van der Waals surface area contributed by atoms with Crippen LogP contribution in [0.25, 0.3) is 33.6 Å². The Morgan fingerprint density at radius 1 is 1.06 bits per heavy atom. The van der Waals surface area contributed by atoms with Gasteiger partial charge in [0.25, 0.3) is 5.91 Å². The summed E-state index contributed by atoms with van der Waals surface area (Å²) in [7, 11) is 7.68. The fraction of sp³-hybridized carbons (Fsp3) is 0.276. The molecule has 0 saturated carbocycles. The van der Waals surface area contributed by atoms with Gasteiger partial charge in [-0.2, -0.15) is 5.26 Å². The molecular formula is C29H29N5O2. The second-order valence-electron chi connectivity index (χ2n) is 9.66. The van der Waals surface area contributed by atoms with Crippen LogP contribution in [0.2, 0.25) is 0 Å². The van der Waals surface area contributed by atoms with Crippen molar-refractivity contribution in [2.45, 2.75) is 12.5 Å². The Morgan fingerprint density at radius 3 is 2.47 bits per heavy atom. The molecule has 0 radical (unpaired) electrons. The lowest BCUT2D eigenvalue weighted by Gasteiger charge is -2.23. The Labute approximate surface area is 211 Å². The number of nitriles is 1. The van der Waals surface area contributed by atoms with Crippen molar-refractivity contribution in [3.8, 4) is 28.5 Å². The standard InChI is InChI=1S/C29H29N5O2/c1-32(2)23-12-14-34(18-23)26-10-9-21(15-22(26)17-30)24-11-13-31-25-16-27(36-28(24)25)19-5-7-20(8-6-19)29(35)33(3)4/h5-11,13,15-16,23H,12,14,18H2,1-4H3/t23-/m1/s1. The summed E-state index contributed by atoms with van der Waals surface area (Å²) < 4.78 is 6.27. The molecule has 1 saturated heterocycles. The van der Waals surface area contributed by atoms with Gasteiger partial charge in [-0.3, -0.25) is 9.78 Å². The molecule has 2 aromatic heterocycles. The lowest BCUT2D eigenvalue weighted by molar-refractivity contribution is 0.0827. The molecule has 7 heteroatoms. The molecule has 0 spiro atoms. The number of anilines is 1. The number of amides is 1. The molecular weight excluding hydrogens is 450 g/mol. The topological polar surface area (TPSA) is 76.6 Å². The second kappa shape index (κ2) is 9.48. The van der Waals surface area contributed by atoms with Crippen LogP contribution in [0.4, 0.5) is 5.69 Å². The van der Waals surface area contributed by atoms with E-state index in [0.717, 1.165) is 47.4 Å². The van der Waals surface area contributed by atoms with Crippen molar-refractivity contribution in [2.24, 2.45) is 0 Å². The van der Waals surface area contributed by atoms with Gasteiger partial charge >= 0.3 is 0 Å². The zero-order valence-electron chi connectivity index (χ0n) is 21.0. The van der Waals surface area contributed by atoms with E-state index < -0.39 is 0 Å². The van der Waals surface area contributed by atoms with Crippen LogP contribution in [-0.2, 0) is 0 Å². The molecule has 1 aliphatic heterocycles. The van der Waals surface area contributed by atoms with E-state index in [1.165, 1.54) is 0 Å². The highest BCUT2D eigenvalue weighted by molar-refractivity contribution is 5.95. The normalized spacial score (nSPS) is 15.4. The summed E-state index contributed by atoms with van der Waals surface area (Å²) in [5, 5.41) is 9.94. The van der Waals surface area contributed by atoms with E-state index in [2.05, 4.69) is 41.0 Å². The van der Waals surface area contributed by atoms with Crippen molar-refractivity contribution in [3.05, 3.63) is 71.9 Å². The molecule has 0 bridgehead atoms. The SMILES string of the molecule is CN(C)C(=O)c1ccc(-c2cc3nccc(-c4ccc(N5CC[C@@H](N(C)C)C5)c(C#N)c4)c3o2)cc1. The van der Waals surface area contributed by atoms with E-state index >= 15 is 0 Å². The molecule has 1 aliphatic rings. The zero-order chi connectivity index (χ0) is 25.4. The van der Waals surface area contributed by atoms with Gasteiger partial charge in [-0.05, 0) is 56.4 Å². The number of hydrogen-bond acceptors (Lipinski definition) is 6. The van der Waals surface area contributed by atoms with Crippen LogP contribution in [0.5, 0.6) is 0 Å². The van der Waals surface area contributed by atoms with E-state index in [1.54, 1.807) is 37.3 Å². The summed E-state index contributed by atoms with van der Waals surface area (Å²) in [6, 6.07) is 20.1. The average molecular weight is 480 g/mol. The van der Waals surface area contributed by atoms with Gasteiger partial charge in [0, 0.05) is 62.2 Å². The maximum Gasteiger partial charge on any atom is 0.253 e. The third-order valence-corrected chi connectivity index (χ3v) is 6.90. The molecule has 5 rings (SSSR count). The van der Waals surface area contributed by atoms with Gasteiger partial charge in [-0.15, -0.1) is 0 Å². The molecule has 182 valence electrons. The Morgan fingerprint density at radius 2 is 1.81 bits per heavy atom. The predicted octanol–water partition coefficient (Wildman–Crippen LogP) is 4.88. The van der Waals surface area contributed by atoms with Gasteiger partial charge in [0.2, 0.25) is 0 Å². The molecule has 1 amide bonds. The first-order valence-corrected chi connectivity index (χ1v) is 12.0. The summed E-state index contributed by atoms with van der Waals surface area (Å²) in [5.41, 5.74) is 6.34. The number of benzene rings is 2. The number of carbonyl (C=O) groups is 1. The highest BCUT2D eigenvalue weighted by atomic mass is 16.3. The number of rotatable bonds is 5. The molecule has 4 aromatic rings. The Bertz CT molecular complexity index is 1460. The van der Waals surface area contributed by atoms with Crippen molar-refractivity contribution in [1.82, 2.24) is 14.8 Å². The molecule has 0 unspecified atom stereocenters. The number of hydrogen-bond donors (Lipinski definition) is 0. The van der Waals surface area contributed by atoms with Crippen LogP contribution in [0.15, 0.2) is 65.2 Å². The van der Waals surface area contributed by atoms with Crippen LogP contribution in [0.3, 0.4) is 0 Å². The van der Waals surface area contributed by atoms with Crippen molar-refractivity contribution in [2.75, 3.05) is 46.2 Å². The molecule has 36 heavy (non-hydrogen) atoms. The van der Waals surface area contributed by atoms with Crippen molar-refractivity contribution in [1.29, 1.82) is 5.26 Å². The fourth-order valence-corrected chi connectivity index (χ4v) is 4.79. The number of fused-ring (bicyclic) bond motifs is 1. The number of carbonyl (C=O) groups excluding carboxylic acids is 1. The molecule has 2 aromatic carbocycles. The van der Waals surface area contributed by atoms with Crippen LogP contribution >= 0.6 is 0 Å². The Hall–Kier alpha value is -4.15. The highest BCUT2D eigenvalue weighted by Crippen LogP contribution is 2.36. The summed E-state index contributed by atoms with van der Waals surface area (Å²) >= 11 is 0. The minimum atomic E-state index is -0.0435. The summed E-state index contributed by atoms with van der Waals surface area (Å²) in [5.74, 6) is 0.635. The highest BCUT2D eigenvalue weighted by Gasteiger charge is 2.26. The van der Waals surface area contributed by atoms with Crippen LogP contribution < -0.4 is 4.90 Å². The van der Waals surface area contributed by atoms with Gasteiger partial charge in [-0.1, -0.05) is 18.2 Å². The predicted molar refractivity (Wildman–Crippen MR) is 142 cm³/mol. The van der Waals surface area contributed by atoms with E-state index in [9.17, 15) is 10.1 Å². The molecule has 3 heterocycles. The molecule has 0 aliphatic carbocycles. The maximum absolute atomic E-state index is 12.2.